The van der Waals surface area contributed by atoms with Crippen LogP contribution in [0, 0.1) is 17.3 Å². The van der Waals surface area contributed by atoms with Crippen LogP contribution in [-0.2, 0) is 14.4 Å². The Morgan fingerprint density at radius 3 is 2.45 bits per heavy atom. The first kappa shape index (κ1) is 24.8. The molecule has 2 bridgehead atoms. The summed E-state index contributed by atoms with van der Waals surface area (Å²) in [5.41, 5.74) is -0.406. The van der Waals surface area contributed by atoms with Crippen molar-refractivity contribution in [2.45, 2.75) is 80.3 Å². The number of aliphatic hydroxyl groups is 1. The second-order valence-electron chi connectivity index (χ2n) is 11.0. The van der Waals surface area contributed by atoms with Crippen molar-refractivity contribution in [3.8, 4) is 0 Å². The van der Waals surface area contributed by atoms with Crippen molar-refractivity contribution in [3.05, 3.63) is 0 Å². The van der Waals surface area contributed by atoms with Gasteiger partial charge in [-0.3, -0.25) is 14.4 Å². The average Bonchev–Trinajstić information content (AvgIpc) is 3.20. The van der Waals surface area contributed by atoms with Gasteiger partial charge in [0.1, 0.15) is 6.04 Å². The topological polar surface area (TPSA) is 98.7 Å². The number of alkyl halides is 1. The van der Waals surface area contributed by atoms with Crippen LogP contribution in [0.25, 0.3) is 0 Å². The van der Waals surface area contributed by atoms with Crippen molar-refractivity contribution >= 4 is 45.4 Å². The zero-order valence-corrected chi connectivity index (χ0v) is 21.7. The maximum atomic E-state index is 13.7. The van der Waals surface area contributed by atoms with Crippen LogP contribution in [0.3, 0.4) is 0 Å². The van der Waals surface area contributed by atoms with Gasteiger partial charge in [-0.2, -0.15) is 0 Å². The first-order chi connectivity index (χ1) is 14.3. The molecule has 3 N–H and O–H groups in total. The minimum absolute atomic E-state index is 0.0332. The molecule has 3 unspecified atom stereocenters. The molecule has 1 spiro atoms. The Labute approximate surface area is 198 Å². The zero-order valence-electron chi connectivity index (χ0n) is 19.3. The minimum Gasteiger partial charge on any atom is -0.396 e. The van der Waals surface area contributed by atoms with Crippen molar-refractivity contribution in [3.63, 3.8) is 0 Å². The molecule has 3 aliphatic rings. The van der Waals surface area contributed by atoms with E-state index in [0.29, 0.717) is 19.4 Å². The Balaban J connectivity index is 1.97. The predicted molar refractivity (Wildman–Crippen MR) is 126 cm³/mol. The molecule has 9 heteroatoms. The highest BCUT2D eigenvalue weighted by Gasteiger charge is 2.75. The lowest BCUT2D eigenvalue weighted by Gasteiger charge is -2.39. The third-order valence-corrected chi connectivity index (χ3v) is 9.80. The molecular formula is C22H36BrN3O4S. The lowest BCUT2D eigenvalue weighted by atomic mass is 9.70. The first-order valence-electron chi connectivity index (χ1n) is 11.0. The highest BCUT2D eigenvalue weighted by Crippen LogP contribution is 2.67. The van der Waals surface area contributed by atoms with Crippen LogP contribution in [0.2, 0.25) is 0 Å². The van der Waals surface area contributed by atoms with Crippen LogP contribution in [0.4, 0.5) is 0 Å². The van der Waals surface area contributed by atoms with E-state index in [0.717, 1.165) is 6.42 Å². The minimum atomic E-state index is -0.652. The maximum absolute atomic E-state index is 13.7. The average molecular weight is 519 g/mol. The fourth-order valence-corrected chi connectivity index (χ4v) is 9.76. The number of thioether (sulfide) groups is 1. The molecule has 3 saturated heterocycles. The number of halogens is 1. The van der Waals surface area contributed by atoms with E-state index in [9.17, 15) is 19.5 Å². The van der Waals surface area contributed by atoms with Crippen LogP contribution < -0.4 is 10.6 Å². The molecule has 6 atom stereocenters. The van der Waals surface area contributed by atoms with Crippen molar-refractivity contribution in [2.75, 3.05) is 20.2 Å². The van der Waals surface area contributed by atoms with Gasteiger partial charge in [0.05, 0.1) is 16.6 Å². The highest BCUT2D eigenvalue weighted by molar-refractivity contribution is 9.09. The summed E-state index contributed by atoms with van der Waals surface area (Å²) in [6, 6.07) is -0.652. The number of amides is 3. The third kappa shape index (κ3) is 4.38. The summed E-state index contributed by atoms with van der Waals surface area (Å²) in [5.74, 6) is -1.41. The fourth-order valence-electron chi connectivity index (χ4n) is 6.15. The van der Waals surface area contributed by atoms with Gasteiger partial charge in [-0.25, -0.2) is 0 Å². The van der Waals surface area contributed by atoms with Gasteiger partial charge in [-0.1, -0.05) is 36.7 Å². The number of hydrogen-bond donors (Lipinski definition) is 3. The molecule has 0 aromatic heterocycles. The number of fused-ring (bicyclic) bond motifs is 1. The molecule has 3 aliphatic heterocycles. The molecule has 0 saturated carbocycles. The summed E-state index contributed by atoms with van der Waals surface area (Å²) < 4.78 is -0.634. The molecule has 176 valence electrons. The normalized spacial score (nSPS) is 34.8. The van der Waals surface area contributed by atoms with Gasteiger partial charge in [0.25, 0.3) is 0 Å². The van der Waals surface area contributed by atoms with E-state index < -0.39 is 28.2 Å². The second-order valence-corrected chi connectivity index (χ2v) is 13.7. The van der Waals surface area contributed by atoms with E-state index in [2.05, 4.69) is 47.3 Å². The summed E-state index contributed by atoms with van der Waals surface area (Å²) in [6.07, 6.45) is 1.86. The van der Waals surface area contributed by atoms with E-state index >= 15 is 0 Å². The predicted octanol–water partition coefficient (Wildman–Crippen LogP) is 1.91. The van der Waals surface area contributed by atoms with Crippen LogP contribution in [0.1, 0.15) is 53.9 Å². The van der Waals surface area contributed by atoms with Gasteiger partial charge in [-0.15, -0.1) is 11.8 Å². The summed E-state index contributed by atoms with van der Waals surface area (Å²) in [4.78, 5) is 41.8. The number of aliphatic hydroxyl groups excluding tert-OH is 1. The molecular weight excluding hydrogens is 482 g/mol. The standard InChI is InChI=1S/C22H36BrN3O4S/c1-20(2,3)11-21(4,5)25-18(29)16-22-10-12(23)15(31-22)13(17(28)24-6)14(22)19(30)26(16)8-7-9-27/h12-16,27H,7-11H2,1-6H3,(H,24,28)(H,25,29)/t12?,13-,14-,15-,16?,22?/m0/s1. The zero-order chi connectivity index (χ0) is 23.4. The molecule has 0 aromatic carbocycles. The van der Waals surface area contributed by atoms with Gasteiger partial charge >= 0.3 is 0 Å². The highest BCUT2D eigenvalue weighted by atomic mass is 79.9. The van der Waals surface area contributed by atoms with Crippen LogP contribution in [0.5, 0.6) is 0 Å². The van der Waals surface area contributed by atoms with Crippen molar-refractivity contribution < 1.29 is 19.5 Å². The second kappa shape index (κ2) is 8.52. The number of rotatable bonds is 7. The number of carbonyl (C=O) groups excluding carboxylic acids is 3. The number of carbonyl (C=O) groups is 3. The van der Waals surface area contributed by atoms with Gasteiger partial charge in [0, 0.05) is 35.8 Å². The molecule has 3 rings (SSSR count). The maximum Gasteiger partial charge on any atom is 0.244 e. The van der Waals surface area contributed by atoms with E-state index in [1.807, 2.05) is 13.8 Å². The first-order valence-corrected chi connectivity index (χ1v) is 12.8. The van der Waals surface area contributed by atoms with Crippen LogP contribution in [-0.4, -0.2) is 74.3 Å². The molecule has 0 radical (unpaired) electrons. The summed E-state index contributed by atoms with van der Waals surface area (Å²) >= 11 is 5.36. The summed E-state index contributed by atoms with van der Waals surface area (Å²) in [7, 11) is 1.59. The Morgan fingerprint density at radius 1 is 1.26 bits per heavy atom. The molecule has 0 aliphatic carbocycles. The lowest BCUT2D eigenvalue weighted by Crippen LogP contribution is -2.58. The monoisotopic (exact) mass is 517 g/mol. The Bertz CT molecular complexity index is 756. The van der Waals surface area contributed by atoms with Gasteiger partial charge < -0.3 is 20.6 Å². The smallest absolute Gasteiger partial charge is 0.244 e. The third-order valence-electron chi connectivity index (χ3n) is 6.58. The van der Waals surface area contributed by atoms with Crippen molar-refractivity contribution in [1.82, 2.24) is 15.5 Å². The van der Waals surface area contributed by atoms with Crippen LogP contribution in [0.15, 0.2) is 0 Å². The molecule has 3 fully saturated rings. The summed E-state index contributed by atoms with van der Waals surface area (Å²) in [5, 5.41) is 15.3. The van der Waals surface area contributed by atoms with Crippen LogP contribution >= 0.6 is 27.7 Å². The number of likely N-dealkylation sites (tertiary alicyclic amines) is 1. The Kier molecular flexibility index (Phi) is 6.83. The SMILES string of the molecule is CNC(=O)[C@H]1[C@H]2C(=O)N(CCCO)C(C(=O)NC(C)(C)CC(C)(C)C)C23CC(Br)[C@@H]1S3. The largest absolute Gasteiger partial charge is 0.396 e. The number of nitrogens with one attached hydrogen (secondary N) is 2. The van der Waals surface area contributed by atoms with E-state index in [1.54, 1.807) is 23.7 Å². The quantitative estimate of drug-likeness (QED) is 0.448. The van der Waals surface area contributed by atoms with E-state index in [-0.39, 0.29) is 39.8 Å². The van der Waals surface area contributed by atoms with Gasteiger partial charge in [-0.05, 0) is 38.5 Å². The van der Waals surface area contributed by atoms with Crippen molar-refractivity contribution in [1.29, 1.82) is 0 Å². The molecule has 0 aromatic rings. The van der Waals surface area contributed by atoms with Gasteiger partial charge in [0.15, 0.2) is 0 Å². The fraction of sp³-hybridized carbons (Fsp3) is 0.864. The molecule has 3 amide bonds. The van der Waals surface area contributed by atoms with E-state index in [4.69, 9.17) is 0 Å². The number of nitrogens with zero attached hydrogens (tertiary/aromatic N) is 1. The Hall–Kier alpha value is -0.800. The van der Waals surface area contributed by atoms with Gasteiger partial charge in [0.2, 0.25) is 17.7 Å². The lowest BCUT2D eigenvalue weighted by molar-refractivity contribution is -0.140. The molecule has 3 heterocycles. The summed E-state index contributed by atoms with van der Waals surface area (Å²) in [6.45, 7) is 10.7. The van der Waals surface area contributed by atoms with Crippen molar-refractivity contribution in [2.24, 2.45) is 17.3 Å². The van der Waals surface area contributed by atoms with E-state index in [1.165, 1.54) is 0 Å². The Morgan fingerprint density at radius 2 is 1.90 bits per heavy atom. The number of hydrogen-bond acceptors (Lipinski definition) is 5. The molecule has 31 heavy (non-hydrogen) atoms. The molecule has 7 nitrogen and oxygen atoms in total.